The Labute approximate surface area is 399 Å². The van der Waals surface area contributed by atoms with Crippen LogP contribution >= 0.6 is 0 Å². The van der Waals surface area contributed by atoms with Crippen LogP contribution in [0.3, 0.4) is 0 Å². The maximum atomic E-state index is 6.83. The first-order chi connectivity index (χ1) is 34.7. The van der Waals surface area contributed by atoms with Crippen molar-refractivity contribution < 1.29 is 8.83 Å². The second-order valence-corrected chi connectivity index (χ2v) is 18.0. The minimum Gasteiger partial charge on any atom is -0.456 e. The zero-order valence-corrected chi connectivity index (χ0v) is 37.4. The van der Waals surface area contributed by atoms with Crippen LogP contribution in [0, 0.1) is 0 Å². The molecule has 70 heavy (non-hydrogen) atoms. The normalized spacial score (nSPS) is 12.0. The number of pyridine rings is 1. The van der Waals surface area contributed by atoms with Crippen molar-refractivity contribution in [2.45, 2.75) is 0 Å². The number of fused-ring (bicyclic) bond motifs is 15. The Morgan fingerprint density at radius 3 is 1.60 bits per heavy atom. The number of nitrogens with zero attached hydrogens (tertiary/aromatic N) is 4. The van der Waals surface area contributed by atoms with Crippen LogP contribution in [-0.4, -0.2) is 19.9 Å². The van der Waals surface area contributed by atoms with E-state index in [0.29, 0.717) is 17.5 Å². The number of furan rings is 2. The van der Waals surface area contributed by atoms with Crippen LogP contribution in [0.5, 0.6) is 0 Å². The molecule has 6 nitrogen and oxygen atoms in total. The van der Waals surface area contributed by atoms with Crippen LogP contribution in [0.25, 0.3) is 154 Å². The van der Waals surface area contributed by atoms with Gasteiger partial charge in [-0.1, -0.05) is 176 Å². The van der Waals surface area contributed by atoms with Gasteiger partial charge in [0, 0.05) is 60.0 Å². The third-order valence-electron chi connectivity index (χ3n) is 14.1. The fraction of sp³-hybridized carbons (Fsp3) is 0. The molecule has 0 aliphatic heterocycles. The highest BCUT2D eigenvalue weighted by atomic mass is 16.3. The van der Waals surface area contributed by atoms with E-state index in [4.69, 9.17) is 28.8 Å². The summed E-state index contributed by atoms with van der Waals surface area (Å²) in [7, 11) is 0. The molecule has 15 rings (SSSR count). The number of rotatable bonds is 5. The molecule has 0 spiro atoms. The number of aromatic nitrogens is 4. The van der Waals surface area contributed by atoms with Gasteiger partial charge in [0.05, 0.1) is 16.8 Å². The van der Waals surface area contributed by atoms with Crippen molar-refractivity contribution in [3.05, 3.63) is 218 Å². The number of benzene rings is 11. The molecule has 0 amide bonds. The fourth-order valence-electron chi connectivity index (χ4n) is 11.0. The Morgan fingerprint density at radius 1 is 0.271 bits per heavy atom. The summed E-state index contributed by atoms with van der Waals surface area (Å²) < 4.78 is 13.3. The summed E-state index contributed by atoms with van der Waals surface area (Å²) in [4.78, 5) is 21.0. The van der Waals surface area contributed by atoms with Gasteiger partial charge in [-0.25, -0.2) is 19.9 Å². The monoisotopic (exact) mass is 892 g/mol. The van der Waals surface area contributed by atoms with Gasteiger partial charge in [0.2, 0.25) is 0 Å². The Kier molecular flexibility index (Phi) is 8.26. The summed E-state index contributed by atoms with van der Waals surface area (Å²) >= 11 is 0. The molecule has 0 atom stereocenters. The summed E-state index contributed by atoms with van der Waals surface area (Å²) in [6.45, 7) is 0. The van der Waals surface area contributed by atoms with Crippen molar-refractivity contribution >= 4 is 97.9 Å². The Balaban J connectivity index is 0.992. The average Bonchev–Trinajstić information content (AvgIpc) is 4.01. The number of hydrogen-bond donors (Lipinski definition) is 0. The van der Waals surface area contributed by atoms with Gasteiger partial charge in [0.1, 0.15) is 22.3 Å². The topological polar surface area (TPSA) is 77.8 Å². The SMILES string of the molecule is c1ccc(-c2nc(-c3cccc(-c4nc5ccccc5c5c(-c6ccc7c8ccccc8c8ccccc8c7c6)c6c(cc45)oc4ccccc46)c3)nc(-c3cccc4c3oc3ccccc34)n2)cc1. The summed E-state index contributed by atoms with van der Waals surface area (Å²) in [6.07, 6.45) is 0. The molecule has 15 aromatic rings. The van der Waals surface area contributed by atoms with E-state index in [0.717, 1.165) is 105 Å². The molecule has 0 fully saturated rings. The first-order valence-electron chi connectivity index (χ1n) is 23.5. The molecular weight excluding hydrogens is 857 g/mol. The molecule has 11 aromatic carbocycles. The van der Waals surface area contributed by atoms with Crippen molar-refractivity contribution in [3.8, 4) is 56.5 Å². The van der Waals surface area contributed by atoms with E-state index in [1.165, 1.54) is 32.3 Å². The first kappa shape index (κ1) is 38.6. The lowest BCUT2D eigenvalue weighted by molar-refractivity contribution is 0.669. The van der Waals surface area contributed by atoms with Crippen LogP contribution in [0.4, 0.5) is 0 Å². The minimum atomic E-state index is 0.529. The lowest BCUT2D eigenvalue weighted by atomic mass is 9.87. The lowest BCUT2D eigenvalue weighted by Crippen LogP contribution is -2.00. The van der Waals surface area contributed by atoms with E-state index in [9.17, 15) is 0 Å². The van der Waals surface area contributed by atoms with Crippen molar-refractivity contribution in [3.63, 3.8) is 0 Å². The highest BCUT2D eigenvalue weighted by Crippen LogP contribution is 2.48. The molecule has 0 saturated carbocycles. The van der Waals surface area contributed by atoms with E-state index >= 15 is 0 Å². The zero-order valence-electron chi connectivity index (χ0n) is 37.4. The molecule has 324 valence electrons. The van der Waals surface area contributed by atoms with Gasteiger partial charge in [0.25, 0.3) is 0 Å². The second kappa shape index (κ2) is 15.0. The molecule has 0 radical (unpaired) electrons. The smallest absolute Gasteiger partial charge is 0.167 e. The first-order valence-corrected chi connectivity index (χ1v) is 23.5. The summed E-state index contributed by atoms with van der Waals surface area (Å²) in [5, 5.41) is 14.8. The Hall–Kier alpha value is -9.52. The second-order valence-electron chi connectivity index (χ2n) is 18.0. The molecule has 0 N–H and O–H groups in total. The minimum absolute atomic E-state index is 0.529. The fourth-order valence-corrected chi connectivity index (χ4v) is 11.0. The highest BCUT2D eigenvalue weighted by Gasteiger charge is 2.24. The van der Waals surface area contributed by atoms with Crippen molar-refractivity contribution in [1.82, 2.24) is 19.9 Å². The molecular formula is C64H36N4O2. The summed E-state index contributed by atoms with van der Waals surface area (Å²) in [5.74, 6) is 1.64. The molecule has 6 heteroatoms. The molecule has 0 saturated heterocycles. The lowest BCUT2D eigenvalue weighted by Gasteiger charge is -2.17. The Bertz CT molecular complexity index is 4630. The van der Waals surface area contributed by atoms with E-state index in [2.05, 4.69) is 152 Å². The summed E-state index contributed by atoms with van der Waals surface area (Å²) in [6, 6.07) is 76.3. The maximum absolute atomic E-state index is 6.83. The van der Waals surface area contributed by atoms with Crippen LogP contribution < -0.4 is 0 Å². The van der Waals surface area contributed by atoms with Gasteiger partial charge < -0.3 is 8.83 Å². The predicted octanol–water partition coefficient (Wildman–Crippen LogP) is 17.2. The molecule has 0 bridgehead atoms. The highest BCUT2D eigenvalue weighted by molar-refractivity contribution is 6.30. The Morgan fingerprint density at radius 2 is 0.829 bits per heavy atom. The van der Waals surface area contributed by atoms with Gasteiger partial charge in [-0.2, -0.15) is 0 Å². The molecule has 4 aromatic heterocycles. The number of hydrogen-bond acceptors (Lipinski definition) is 6. The third kappa shape index (κ3) is 5.80. The van der Waals surface area contributed by atoms with Crippen LogP contribution in [-0.2, 0) is 0 Å². The average molecular weight is 893 g/mol. The van der Waals surface area contributed by atoms with Gasteiger partial charge in [-0.15, -0.1) is 0 Å². The molecule has 0 aliphatic carbocycles. The third-order valence-corrected chi connectivity index (χ3v) is 14.1. The van der Waals surface area contributed by atoms with Crippen LogP contribution in [0.15, 0.2) is 227 Å². The van der Waals surface area contributed by atoms with Gasteiger partial charge in [-0.3, -0.25) is 0 Å². The maximum Gasteiger partial charge on any atom is 0.167 e. The van der Waals surface area contributed by atoms with Crippen LogP contribution in [0.1, 0.15) is 0 Å². The van der Waals surface area contributed by atoms with Gasteiger partial charge >= 0.3 is 0 Å². The van der Waals surface area contributed by atoms with E-state index in [-0.39, 0.29) is 0 Å². The molecule has 0 unspecified atom stereocenters. The molecule has 4 heterocycles. The van der Waals surface area contributed by atoms with Crippen molar-refractivity contribution in [1.29, 1.82) is 0 Å². The largest absolute Gasteiger partial charge is 0.456 e. The standard InChI is InChI=1S/C64H36N4O2/c1-2-16-37(17-3-1)62-66-63(68-64(67-62)50-28-15-27-47-46-24-9-12-30-54(46)70-61(47)50)40-19-14-18-39(34-40)60-52-36-56-59(49-26-10-13-31-55(49)69-56)57(58(52)48-25-8-11-29-53(48)65-60)38-32-33-45-43-22-5-4-20-41(43)42-21-6-7-23-44(42)51(45)35-38/h1-36H. The van der Waals surface area contributed by atoms with Gasteiger partial charge in [-0.05, 0) is 80.3 Å². The van der Waals surface area contributed by atoms with Gasteiger partial charge in [0.15, 0.2) is 17.5 Å². The van der Waals surface area contributed by atoms with E-state index in [1.807, 2.05) is 66.7 Å². The zero-order chi connectivity index (χ0) is 45.9. The van der Waals surface area contributed by atoms with Crippen molar-refractivity contribution in [2.75, 3.05) is 0 Å². The summed E-state index contributed by atoms with van der Waals surface area (Å²) in [5.41, 5.74) is 10.6. The van der Waals surface area contributed by atoms with Crippen molar-refractivity contribution in [2.24, 2.45) is 0 Å². The quantitative estimate of drug-likeness (QED) is 0.160. The predicted molar refractivity (Wildman–Crippen MR) is 287 cm³/mol. The molecule has 0 aliphatic rings. The van der Waals surface area contributed by atoms with Crippen LogP contribution in [0.2, 0.25) is 0 Å². The van der Waals surface area contributed by atoms with E-state index < -0.39 is 0 Å². The van der Waals surface area contributed by atoms with E-state index in [1.54, 1.807) is 0 Å². The number of para-hydroxylation sites is 4.